The quantitative estimate of drug-likeness (QED) is 0.464. The minimum atomic E-state index is -0.326. The molecule has 0 aliphatic heterocycles. The molecule has 0 saturated carbocycles. The molecule has 0 N–H and O–H groups in total. The van der Waals surface area contributed by atoms with E-state index in [1.807, 2.05) is 48.8 Å². The van der Waals surface area contributed by atoms with Crippen molar-refractivity contribution in [1.29, 1.82) is 0 Å². The summed E-state index contributed by atoms with van der Waals surface area (Å²) >= 11 is 0. The van der Waals surface area contributed by atoms with Crippen molar-refractivity contribution in [3.63, 3.8) is 0 Å². The second-order valence-corrected chi connectivity index (χ2v) is 4.39. The van der Waals surface area contributed by atoms with E-state index in [1.165, 1.54) is 6.08 Å². The molecule has 2 aromatic heterocycles. The number of carbonyl (C=O) groups is 1. The zero-order valence-electron chi connectivity index (χ0n) is 12.0. The van der Waals surface area contributed by atoms with Crippen LogP contribution in [0.2, 0.25) is 0 Å². The van der Waals surface area contributed by atoms with Gasteiger partial charge in [-0.05, 0) is 36.8 Å². The maximum Gasteiger partial charge on any atom is 0.330 e. The maximum absolute atomic E-state index is 11.2. The molecule has 108 valence electrons. The lowest BCUT2D eigenvalue weighted by Crippen LogP contribution is -2.00. The Labute approximate surface area is 124 Å². The van der Waals surface area contributed by atoms with Gasteiger partial charge < -0.3 is 9.30 Å². The number of esters is 1. The monoisotopic (exact) mass is 282 g/mol. The highest BCUT2D eigenvalue weighted by Crippen LogP contribution is 2.08. The molecule has 0 unspecified atom stereocenters. The van der Waals surface area contributed by atoms with Gasteiger partial charge in [-0.1, -0.05) is 18.2 Å². The summed E-state index contributed by atoms with van der Waals surface area (Å²) in [6, 6.07) is 7.98. The first-order valence-electron chi connectivity index (χ1n) is 6.85. The van der Waals surface area contributed by atoms with Crippen LogP contribution in [0.5, 0.6) is 0 Å². The molecule has 0 atom stereocenters. The smallest absolute Gasteiger partial charge is 0.330 e. The highest BCUT2D eigenvalue weighted by Gasteiger charge is 1.98. The van der Waals surface area contributed by atoms with Crippen LogP contribution < -0.4 is 0 Å². The molecule has 21 heavy (non-hydrogen) atoms. The van der Waals surface area contributed by atoms with E-state index >= 15 is 0 Å². The Balaban J connectivity index is 1.99. The zero-order chi connectivity index (χ0) is 14.9. The molecule has 0 aromatic carbocycles. The fraction of sp³-hybridized carbons (Fsp3) is 0.176. The molecule has 2 heterocycles. The Bertz CT molecular complexity index is 627. The van der Waals surface area contributed by atoms with Crippen LogP contribution in [0.3, 0.4) is 0 Å². The fourth-order valence-corrected chi connectivity index (χ4v) is 1.89. The predicted molar refractivity (Wildman–Crippen MR) is 82.6 cm³/mol. The van der Waals surface area contributed by atoms with E-state index in [9.17, 15) is 4.79 Å². The molecule has 2 aromatic rings. The average molecular weight is 282 g/mol. The molecule has 0 bridgehead atoms. The molecule has 4 heteroatoms. The molecular weight excluding hydrogens is 264 g/mol. The first-order valence-corrected chi connectivity index (χ1v) is 6.85. The van der Waals surface area contributed by atoms with Crippen LogP contribution >= 0.6 is 0 Å². The Hall–Kier alpha value is -2.62. The van der Waals surface area contributed by atoms with Gasteiger partial charge in [-0.2, -0.15) is 0 Å². The first-order chi connectivity index (χ1) is 10.3. The van der Waals surface area contributed by atoms with Crippen LogP contribution in [0.15, 0.2) is 61.1 Å². The molecule has 0 fully saturated rings. The number of carbonyl (C=O) groups excluding carboxylic acids is 1. The summed E-state index contributed by atoms with van der Waals surface area (Å²) in [4.78, 5) is 15.3. The van der Waals surface area contributed by atoms with Crippen molar-refractivity contribution in [2.75, 3.05) is 6.61 Å². The van der Waals surface area contributed by atoms with Gasteiger partial charge >= 0.3 is 5.97 Å². The zero-order valence-corrected chi connectivity index (χ0v) is 12.0. The Morgan fingerprint density at radius 3 is 3.00 bits per heavy atom. The van der Waals surface area contributed by atoms with Gasteiger partial charge in [0.2, 0.25) is 0 Å². The number of hydrogen-bond donors (Lipinski definition) is 0. The third-order valence-corrected chi connectivity index (χ3v) is 2.84. The number of pyridine rings is 1. The van der Waals surface area contributed by atoms with Gasteiger partial charge in [0.1, 0.15) is 0 Å². The third-order valence-electron chi connectivity index (χ3n) is 2.84. The van der Waals surface area contributed by atoms with E-state index in [-0.39, 0.29) is 5.97 Å². The molecule has 0 saturated heterocycles. The van der Waals surface area contributed by atoms with Crippen LogP contribution in [0.1, 0.15) is 18.2 Å². The third kappa shape index (κ3) is 4.76. The van der Waals surface area contributed by atoms with Crippen LogP contribution in [0, 0.1) is 0 Å². The van der Waals surface area contributed by atoms with Gasteiger partial charge in [0, 0.05) is 36.9 Å². The molecule has 0 amide bonds. The second-order valence-electron chi connectivity index (χ2n) is 4.39. The number of hydrogen-bond acceptors (Lipinski definition) is 3. The van der Waals surface area contributed by atoms with Gasteiger partial charge in [-0.25, -0.2) is 4.79 Å². The van der Waals surface area contributed by atoms with Crippen molar-refractivity contribution in [3.8, 4) is 0 Å². The van der Waals surface area contributed by atoms with Crippen molar-refractivity contribution in [1.82, 2.24) is 9.55 Å². The fourth-order valence-electron chi connectivity index (χ4n) is 1.89. The number of nitrogens with zero attached hydrogens (tertiary/aromatic N) is 2. The molecule has 0 aliphatic carbocycles. The van der Waals surface area contributed by atoms with Crippen LogP contribution in [-0.4, -0.2) is 22.1 Å². The van der Waals surface area contributed by atoms with Gasteiger partial charge in [0.25, 0.3) is 0 Å². The van der Waals surface area contributed by atoms with Crippen molar-refractivity contribution in [2.45, 2.75) is 13.5 Å². The van der Waals surface area contributed by atoms with Crippen molar-refractivity contribution in [2.24, 2.45) is 0 Å². The second kappa shape index (κ2) is 7.85. The topological polar surface area (TPSA) is 44.1 Å². The summed E-state index contributed by atoms with van der Waals surface area (Å²) in [7, 11) is 0. The molecule has 4 nitrogen and oxygen atoms in total. The summed E-state index contributed by atoms with van der Waals surface area (Å²) in [6.07, 6.45) is 12.5. The molecule has 0 aliphatic rings. The standard InChI is InChI=1S/C17H18N2O2/c1-2-21-17(20)10-4-3-8-16-9-6-12-19(16)14-15-7-5-11-18-13-15/h3-13H,2,14H2,1H3. The van der Waals surface area contributed by atoms with E-state index in [1.54, 1.807) is 19.2 Å². The number of rotatable bonds is 6. The number of allylic oxidation sites excluding steroid dienone is 2. The average Bonchev–Trinajstić information content (AvgIpc) is 2.92. The van der Waals surface area contributed by atoms with Gasteiger partial charge in [0.05, 0.1) is 6.61 Å². The van der Waals surface area contributed by atoms with E-state index in [0.29, 0.717) is 6.61 Å². The van der Waals surface area contributed by atoms with Crippen LogP contribution in [0.4, 0.5) is 0 Å². The summed E-state index contributed by atoms with van der Waals surface area (Å²) in [5.41, 5.74) is 2.21. The molecule has 0 radical (unpaired) electrons. The van der Waals surface area contributed by atoms with Gasteiger partial charge in [-0.15, -0.1) is 0 Å². The Morgan fingerprint density at radius 1 is 1.33 bits per heavy atom. The Morgan fingerprint density at radius 2 is 2.24 bits per heavy atom. The van der Waals surface area contributed by atoms with Crippen LogP contribution in [0.25, 0.3) is 6.08 Å². The highest BCUT2D eigenvalue weighted by atomic mass is 16.5. The summed E-state index contributed by atoms with van der Waals surface area (Å²) in [6.45, 7) is 2.94. The molecular formula is C17H18N2O2. The van der Waals surface area contributed by atoms with Crippen molar-refractivity contribution in [3.05, 3.63) is 72.3 Å². The minimum absolute atomic E-state index is 0.326. The largest absolute Gasteiger partial charge is 0.463 e. The number of ether oxygens (including phenoxy) is 1. The van der Waals surface area contributed by atoms with Gasteiger partial charge in [0.15, 0.2) is 0 Å². The van der Waals surface area contributed by atoms with E-state index in [0.717, 1.165) is 17.8 Å². The summed E-state index contributed by atoms with van der Waals surface area (Å²) < 4.78 is 6.93. The lowest BCUT2D eigenvalue weighted by atomic mass is 10.3. The van der Waals surface area contributed by atoms with E-state index in [2.05, 4.69) is 9.55 Å². The number of aromatic nitrogens is 2. The normalized spacial score (nSPS) is 11.3. The lowest BCUT2D eigenvalue weighted by molar-refractivity contribution is -0.137. The predicted octanol–water partition coefficient (Wildman–Crippen LogP) is 3.06. The van der Waals surface area contributed by atoms with Gasteiger partial charge in [-0.3, -0.25) is 4.98 Å². The van der Waals surface area contributed by atoms with E-state index in [4.69, 9.17) is 4.74 Å². The lowest BCUT2D eigenvalue weighted by Gasteiger charge is -2.05. The summed E-state index contributed by atoms with van der Waals surface area (Å²) in [5.74, 6) is -0.326. The molecule has 2 rings (SSSR count). The van der Waals surface area contributed by atoms with Crippen LogP contribution in [-0.2, 0) is 16.1 Å². The maximum atomic E-state index is 11.2. The highest BCUT2D eigenvalue weighted by molar-refractivity contribution is 5.82. The van der Waals surface area contributed by atoms with Crippen molar-refractivity contribution < 1.29 is 9.53 Å². The summed E-state index contributed by atoms with van der Waals surface area (Å²) in [5, 5.41) is 0. The van der Waals surface area contributed by atoms with E-state index < -0.39 is 0 Å². The Kier molecular flexibility index (Phi) is 5.52. The SMILES string of the molecule is CCOC(=O)C=CC=Cc1cccn1Cc1cccnc1. The van der Waals surface area contributed by atoms with Crippen molar-refractivity contribution >= 4 is 12.0 Å². The first kappa shape index (κ1) is 14.8. The molecule has 0 spiro atoms. The minimum Gasteiger partial charge on any atom is -0.463 e.